The van der Waals surface area contributed by atoms with Gasteiger partial charge in [0.25, 0.3) is 0 Å². The molecule has 96 valence electrons. The molecule has 1 rings (SSSR count). The molecule has 0 aliphatic carbocycles. The fourth-order valence-electron chi connectivity index (χ4n) is 1.06. The quantitative estimate of drug-likeness (QED) is 0.635. The SMILES string of the molecule is CNC(=O)NSCCN(C)c1nc(C)c(C)s1. The Morgan fingerprint density at radius 2 is 2.24 bits per heavy atom. The summed E-state index contributed by atoms with van der Waals surface area (Å²) in [6.45, 7) is 4.94. The van der Waals surface area contributed by atoms with Gasteiger partial charge in [-0.15, -0.1) is 11.3 Å². The van der Waals surface area contributed by atoms with Gasteiger partial charge in [-0.3, -0.25) is 4.72 Å². The van der Waals surface area contributed by atoms with E-state index in [9.17, 15) is 4.79 Å². The van der Waals surface area contributed by atoms with E-state index >= 15 is 0 Å². The zero-order chi connectivity index (χ0) is 12.8. The molecule has 0 bridgehead atoms. The van der Waals surface area contributed by atoms with Crippen molar-refractivity contribution < 1.29 is 4.79 Å². The topological polar surface area (TPSA) is 57.3 Å². The highest BCUT2D eigenvalue weighted by molar-refractivity contribution is 7.97. The van der Waals surface area contributed by atoms with Crippen molar-refractivity contribution in [3.8, 4) is 0 Å². The van der Waals surface area contributed by atoms with Crippen LogP contribution in [-0.4, -0.2) is 37.4 Å². The summed E-state index contributed by atoms with van der Waals surface area (Å²) in [5, 5.41) is 3.53. The number of nitrogens with one attached hydrogen (secondary N) is 2. The van der Waals surface area contributed by atoms with E-state index < -0.39 is 0 Å². The Hall–Kier alpha value is -0.950. The van der Waals surface area contributed by atoms with Gasteiger partial charge in [0.15, 0.2) is 5.13 Å². The van der Waals surface area contributed by atoms with Crippen LogP contribution < -0.4 is 14.9 Å². The van der Waals surface area contributed by atoms with E-state index in [4.69, 9.17) is 0 Å². The number of rotatable bonds is 5. The van der Waals surface area contributed by atoms with Crippen LogP contribution in [0.2, 0.25) is 0 Å². The van der Waals surface area contributed by atoms with Crippen molar-refractivity contribution >= 4 is 34.4 Å². The number of thiazole rings is 1. The summed E-state index contributed by atoms with van der Waals surface area (Å²) in [6.07, 6.45) is 0. The molecule has 17 heavy (non-hydrogen) atoms. The summed E-state index contributed by atoms with van der Waals surface area (Å²) in [4.78, 5) is 18.7. The van der Waals surface area contributed by atoms with Gasteiger partial charge in [-0.05, 0) is 25.8 Å². The summed E-state index contributed by atoms with van der Waals surface area (Å²) < 4.78 is 2.68. The second-order valence-corrected chi connectivity index (χ2v) is 5.67. The molecule has 0 saturated heterocycles. The fraction of sp³-hybridized carbons (Fsp3) is 0.600. The summed E-state index contributed by atoms with van der Waals surface area (Å²) in [5.41, 5.74) is 1.09. The van der Waals surface area contributed by atoms with E-state index in [0.717, 1.165) is 23.1 Å². The average molecular weight is 274 g/mol. The maximum absolute atomic E-state index is 10.9. The average Bonchev–Trinajstić information content (AvgIpc) is 2.64. The lowest BCUT2D eigenvalue weighted by Gasteiger charge is -2.15. The third kappa shape index (κ3) is 4.43. The first-order valence-corrected chi connectivity index (χ1v) is 7.09. The first-order chi connectivity index (χ1) is 8.04. The third-order valence-corrected chi connectivity index (χ3v) is 4.17. The molecule has 0 aromatic carbocycles. The Morgan fingerprint density at radius 3 is 2.76 bits per heavy atom. The lowest BCUT2D eigenvalue weighted by molar-refractivity contribution is 0.248. The zero-order valence-corrected chi connectivity index (χ0v) is 12.2. The van der Waals surface area contributed by atoms with Gasteiger partial charge < -0.3 is 10.2 Å². The maximum Gasteiger partial charge on any atom is 0.324 e. The van der Waals surface area contributed by atoms with Crippen LogP contribution in [0.4, 0.5) is 9.93 Å². The number of amides is 2. The van der Waals surface area contributed by atoms with Crippen molar-refractivity contribution in [3.05, 3.63) is 10.6 Å². The van der Waals surface area contributed by atoms with Crippen LogP contribution >= 0.6 is 23.3 Å². The van der Waals surface area contributed by atoms with E-state index in [1.54, 1.807) is 18.4 Å². The van der Waals surface area contributed by atoms with Crippen LogP contribution in [0, 0.1) is 13.8 Å². The van der Waals surface area contributed by atoms with Crippen LogP contribution in [0.3, 0.4) is 0 Å². The van der Waals surface area contributed by atoms with Gasteiger partial charge in [0.1, 0.15) is 0 Å². The molecule has 0 fully saturated rings. The second-order valence-electron chi connectivity index (χ2n) is 3.59. The molecule has 0 aliphatic heterocycles. The molecular formula is C10H18N4OS2. The lowest BCUT2D eigenvalue weighted by Crippen LogP contribution is -2.29. The maximum atomic E-state index is 10.9. The van der Waals surface area contributed by atoms with Crippen LogP contribution in [0.15, 0.2) is 0 Å². The summed E-state index contributed by atoms with van der Waals surface area (Å²) >= 11 is 3.09. The van der Waals surface area contributed by atoms with Crippen LogP contribution in [-0.2, 0) is 0 Å². The Kier molecular flexibility index (Phi) is 5.57. The number of nitrogens with zero attached hydrogens (tertiary/aromatic N) is 2. The standard InChI is InChI=1S/C10H18N4OS2/c1-7-8(2)17-10(12-7)14(4)5-6-16-13-9(15)11-3/h5-6H2,1-4H3,(H2,11,13,15). The first kappa shape index (κ1) is 14.1. The van der Waals surface area contributed by atoms with Gasteiger partial charge >= 0.3 is 6.03 Å². The molecule has 0 saturated carbocycles. The smallest absolute Gasteiger partial charge is 0.324 e. The van der Waals surface area contributed by atoms with Crippen LogP contribution in [0.5, 0.6) is 0 Å². The molecule has 0 radical (unpaired) electrons. The molecule has 0 atom stereocenters. The summed E-state index contributed by atoms with van der Waals surface area (Å²) in [7, 11) is 3.61. The van der Waals surface area contributed by atoms with Gasteiger partial charge in [-0.25, -0.2) is 9.78 Å². The molecule has 0 aliphatic rings. The molecule has 1 aromatic heterocycles. The van der Waals surface area contributed by atoms with E-state index in [-0.39, 0.29) is 6.03 Å². The molecule has 1 aromatic rings. The largest absolute Gasteiger partial charge is 0.350 e. The fourth-order valence-corrected chi connectivity index (χ4v) is 2.66. The van der Waals surface area contributed by atoms with Crippen molar-refractivity contribution in [2.75, 3.05) is 31.3 Å². The normalized spacial score (nSPS) is 10.1. The molecule has 1 heterocycles. The van der Waals surface area contributed by atoms with Crippen LogP contribution in [0.25, 0.3) is 0 Å². The Labute approximate surface area is 110 Å². The number of hydrogen-bond acceptors (Lipinski definition) is 5. The lowest BCUT2D eigenvalue weighted by atomic mass is 10.4. The van der Waals surface area contributed by atoms with E-state index in [0.29, 0.717) is 0 Å². The predicted molar refractivity (Wildman–Crippen MR) is 74.9 cm³/mol. The summed E-state index contributed by atoms with van der Waals surface area (Å²) in [5.74, 6) is 0.821. The minimum absolute atomic E-state index is 0.168. The molecule has 2 amide bonds. The van der Waals surface area contributed by atoms with Crippen molar-refractivity contribution in [1.29, 1.82) is 0 Å². The van der Waals surface area contributed by atoms with E-state index in [2.05, 4.69) is 26.8 Å². The van der Waals surface area contributed by atoms with Gasteiger partial charge in [-0.2, -0.15) is 0 Å². The molecule has 7 heteroatoms. The number of carbonyl (C=O) groups is 1. The molecule has 0 unspecified atom stereocenters. The number of hydrogen-bond donors (Lipinski definition) is 2. The van der Waals surface area contributed by atoms with Gasteiger partial charge in [0.05, 0.1) is 5.69 Å². The second kappa shape index (κ2) is 6.70. The number of anilines is 1. The van der Waals surface area contributed by atoms with E-state index in [1.165, 1.54) is 16.8 Å². The van der Waals surface area contributed by atoms with Gasteiger partial charge in [-0.1, -0.05) is 0 Å². The van der Waals surface area contributed by atoms with Crippen molar-refractivity contribution in [1.82, 2.24) is 15.0 Å². The molecule has 2 N–H and O–H groups in total. The number of aromatic nitrogens is 1. The Bertz CT molecular complexity index is 361. The van der Waals surface area contributed by atoms with Crippen molar-refractivity contribution in [2.24, 2.45) is 0 Å². The highest BCUT2D eigenvalue weighted by Crippen LogP contribution is 2.23. The molecular weight excluding hydrogens is 256 g/mol. The Morgan fingerprint density at radius 1 is 1.53 bits per heavy atom. The first-order valence-electron chi connectivity index (χ1n) is 5.29. The highest BCUT2D eigenvalue weighted by Gasteiger charge is 2.08. The highest BCUT2D eigenvalue weighted by atomic mass is 32.2. The van der Waals surface area contributed by atoms with Gasteiger partial charge in [0, 0.05) is 31.3 Å². The zero-order valence-electron chi connectivity index (χ0n) is 10.5. The predicted octanol–water partition coefficient (Wildman–Crippen LogP) is 1.77. The minimum atomic E-state index is -0.168. The van der Waals surface area contributed by atoms with Crippen molar-refractivity contribution in [3.63, 3.8) is 0 Å². The van der Waals surface area contributed by atoms with Crippen molar-refractivity contribution in [2.45, 2.75) is 13.8 Å². The summed E-state index contributed by atoms with van der Waals surface area (Å²) in [6, 6.07) is -0.168. The monoisotopic (exact) mass is 274 g/mol. The number of carbonyl (C=O) groups excluding carboxylic acids is 1. The minimum Gasteiger partial charge on any atom is -0.350 e. The third-order valence-electron chi connectivity index (χ3n) is 2.26. The molecule has 0 spiro atoms. The van der Waals surface area contributed by atoms with E-state index in [1.807, 2.05) is 14.0 Å². The Balaban J connectivity index is 2.30. The number of urea groups is 1. The number of aryl methyl sites for hydroxylation is 2. The molecule has 5 nitrogen and oxygen atoms in total. The van der Waals surface area contributed by atoms with Gasteiger partial charge in [0.2, 0.25) is 0 Å². The van der Waals surface area contributed by atoms with Crippen LogP contribution in [0.1, 0.15) is 10.6 Å².